The van der Waals surface area contributed by atoms with Gasteiger partial charge in [-0.15, -0.1) is 0 Å². The molecule has 0 bridgehead atoms. The summed E-state index contributed by atoms with van der Waals surface area (Å²) < 4.78 is 0. The fourth-order valence-corrected chi connectivity index (χ4v) is 1.22. The van der Waals surface area contributed by atoms with Gasteiger partial charge >= 0.3 is 0 Å². The molecule has 11 heavy (non-hydrogen) atoms. The fraction of sp³-hybridized carbons (Fsp3) is 1.00. The number of hydrogen-bond donors (Lipinski definition) is 1. The molecule has 0 aliphatic heterocycles. The topological polar surface area (TPSA) is 26.0 Å². The van der Waals surface area contributed by atoms with Crippen molar-refractivity contribution < 1.29 is 0 Å². The Morgan fingerprint density at radius 2 is 1.73 bits per heavy atom. The van der Waals surface area contributed by atoms with Crippen molar-refractivity contribution in [2.45, 2.75) is 58.9 Å². The predicted molar refractivity (Wildman–Crippen MR) is 51.6 cm³/mol. The van der Waals surface area contributed by atoms with Crippen LogP contribution in [0.1, 0.15) is 52.9 Å². The Labute approximate surface area is 71.4 Å². The maximum absolute atomic E-state index is 5.89. The summed E-state index contributed by atoms with van der Waals surface area (Å²) in [6.07, 6.45) is 6.22. The first-order valence-electron chi connectivity index (χ1n) is 4.96. The van der Waals surface area contributed by atoms with Crippen LogP contribution in [0.15, 0.2) is 0 Å². The molecule has 2 atom stereocenters. The lowest BCUT2D eigenvalue weighted by Crippen LogP contribution is -2.20. The molecular weight excluding hydrogens is 134 g/mol. The van der Waals surface area contributed by atoms with Gasteiger partial charge in [-0.1, -0.05) is 33.6 Å². The quantitative estimate of drug-likeness (QED) is 0.630. The standard InChI is InChI=1S/C10H23N/c1-4-6-10(11)8-7-9(3)5-2/h9-10H,4-8,11H2,1-3H3. The number of rotatable bonds is 6. The predicted octanol–water partition coefficient (Wildman–Crippen LogP) is 2.94. The van der Waals surface area contributed by atoms with Gasteiger partial charge in [0.2, 0.25) is 0 Å². The normalized spacial score (nSPS) is 16.4. The van der Waals surface area contributed by atoms with Crippen molar-refractivity contribution in [3.63, 3.8) is 0 Å². The first-order chi connectivity index (χ1) is 5.20. The van der Waals surface area contributed by atoms with Crippen LogP contribution in [0, 0.1) is 5.92 Å². The second-order valence-electron chi connectivity index (χ2n) is 3.64. The van der Waals surface area contributed by atoms with Crippen LogP contribution in [-0.4, -0.2) is 6.04 Å². The highest BCUT2D eigenvalue weighted by Crippen LogP contribution is 2.12. The molecule has 0 aromatic carbocycles. The zero-order valence-corrected chi connectivity index (χ0v) is 8.27. The Kier molecular flexibility index (Phi) is 6.63. The van der Waals surface area contributed by atoms with Crippen LogP contribution in [0.5, 0.6) is 0 Å². The third kappa shape index (κ3) is 6.36. The van der Waals surface area contributed by atoms with E-state index in [1.807, 2.05) is 0 Å². The Morgan fingerprint density at radius 3 is 2.18 bits per heavy atom. The monoisotopic (exact) mass is 157 g/mol. The Bertz CT molecular complexity index is 80.9. The van der Waals surface area contributed by atoms with Crippen molar-refractivity contribution in [1.29, 1.82) is 0 Å². The molecule has 0 amide bonds. The van der Waals surface area contributed by atoms with Gasteiger partial charge in [0.25, 0.3) is 0 Å². The molecule has 0 fully saturated rings. The van der Waals surface area contributed by atoms with Crippen molar-refractivity contribution >= 4 is 0 Å². The maximum Gasteiger partial charge on any atom is 0.00388 e. The van der Waals surface area contributed by atoms with Gasteiger partial charge in [0.1, 0.15) is 0 Å². The summed E-state index contributed by atoms with van der Waals surface area (Å²) >= 11 is 0. The molecule has 2 unspecified atom stereocenters. The molecule has 0 spiro atoms. The van der Waals surface area contributed by atoms with Crippen LogP contribution in [0.25, 0.3) is 0 Å². The summed E-state index contributed by atoms with van der Waals surface area (Å²) in [5.74, 6) is 0.859. The third-order valence-corrected chi connectivity index (χ3v) is 2.39. The minimum absolute atomic E-state index is 0.453. The van der Waals surface area contributed by atoms with E-state index in [1.54, 1.807) is 0 Å². The zero-order valence-electron chi connectivity index (χ0n) is 8.27. The molecule has 0 aromatic rings. The first-order valence-corrected chi connectivity index (χ1v) is 4.96. The van der Waals surface area contributed by atoms with Crippen LogP contribution in [0.4, 0.5) is 0 Å². The molecule has 0 saturated carbocycles. The van der Waals surface area contributed by atoms with E-state index in [-0.39, 0.29) is 0 Å². The van der Waals surface area contributed by atoms with Crippen molar-refractivity contribution in [3.8, 4) is 0 Å². The summed E-state index contributed by atoms with van der Waals surface area (Å²) in [5.41, 5.74) is 5.89. The van der Waals surface area contributed by atoms with Crippen LogP contribution in [-0.2, 0) is 0 Å². The van der Waals surface area contributed by atoms with Gasteiger partial charge in [-0.3, -0.25) is 0 Å². The lowest BCUT2D eigenvalue weighted by Gasteiger charge is -2.12. The van der Waals surface area contributed by atoms with Crippen LogP contribution in [0.2, 0.25) is 0 Å². The van der Waals surface area contributed by atoms with E-state index >= 15 is 0 Å². The van der Waals surface area contributed by atoms with Crippen molar-refractivity contribution in [2.75, 3.05) is 0 Å². The summed E-state index contributed by atoms with van der Waals surface area (Å²) in [6.45, 7) is 6.75. The zero-order chi connectivity index (χ0) is 8.69. The largest absolute Gasteiger partial charge is 0.328 e. The van der Waals surface area contributed by atoms with E-state index < -0.39 is 0 Å². The summed E-state index contributed by atoms with van der Waals surface area (Å²) in [6, 6.07) is 0.453. The van der Waals surface area contributed by atoms with Gasteiger partial charge in [0, 0.05) is 6.04 Å². The first kappa shape index (κ1) is 11.0. The number of nitrogens with two attached hydrogens (primary N) is 1. The molecule has 1 nitrogen and oxygen atoms in total. The second-order valence-corrected chi connectivity index (χ2v) is 3.64. The molecule has 0 aromatic heterocycles. The van der Waals surface area contributed by atoms with E-state index in [4.69, 9.17) is 5.73 Å². The van der Waals surface area contributed by atoms with Gasteiger partial charge in [0.15, 0.2) is 0 Å². The van der Waals surface area contributed by atoms with Crippen LogP contribution < -0.4 is 5.73 Å². The molecule has 1 heteroatoms. The van der Waals surface area contributed by atoms with Gasteiger partial charge < -0.3 is 5.73 Å². The Balaban J connectivity index is 3.22. The lowest BCUT2D eigenvalue weighted by atomic mass is 9.98. The van der Waals surface area contributed by atoms with Gasteiger partial charge in [-0.25, -0.2) is 0 Å². The molecule has 0 rings (SSSR count). The third-order valence-electron chi connectivity index (χ3n) is 2.39. The molecule has 68 valence electrons. The molecular formula is C10H23N. The van der Waals surface area contributed by atoms with E-state index in [0.717, 1.165) is 5.92 Å². The van der Waals surface area contributed by atoms with Crippen LogP contribution >= 0.6 is 0 Å². The van der Waals surface area contributed by atoms with Gasteiger partial charge in [-0.2, -0.15) is 0 Å². The Morgan fingerprint density at radius 1 is 1.09 bits per heavy atom. The fourth-order valence-electron chi connectivity index (χ4n) is 1.22. The molecule has 2 N–H and O–H groups in total. The smallest absolute Gasteiger partial charge is 0.00388 e. The summed E-state index contributed by atoms with van der Waals surface area (Å²) in [7, 11) is 0. The maximum atomic E-state index is 5.89. The SMILES string of the molecule is CCCC(N)CCC(C)CC. The molecule has 0 aliphatic carbocycles. The van der Waals surface area contributed by atoms with Crippen molar-refractivity contribution in [3.05, 3.63) is 0 Å². The van der Waals surface area contributed by atoms with E-state index in [9.17, 15) is 0 Å². The average Bonchev–Trinajstić information content (AvgIpc) is 2.01. The van der Waals surface area contributed by atoms with Crippen molar-refractivity contribution in [2.24, 2.45) is 11.7 Å². The lowest BCUT2D eigenvalue weighted by molar-refractivity contribution is 0.444. The summed E-state index contributed by atoms with van der Waals surface area (Å²) in [5, 5.41) is 0. The Hall–Kier alpha value is -0.0400. The average molecular weight is 157 g/mol. The van der Waals surface area contributed by atoms with Gasteiger partial charge in [-0.05, 0) is 25.2 Å². The second kappa shape index (κ2) is 6.66. The highest BCUT2D eigenvalue weighted by Gasteiger charge is 2.03. The minimum Gasteiger partial charge on any atom is -0.328 e. The van der Waals surface area contributed by atoms with Gasteiger partial charge in [0.05, 0.1) is 0 Å². The molecule has 0 heterocycles. The highest BCUT2D eigenvalue weighted by atomic mass is 14.6. The molecule has 0 radical (unpaired) electrons. The highest BCUT2D eigenvalue weighted by molar-refractivity contribution is 4.62. The minimum atomic E-state index is 0.453. The summed E-state index contributed by atoms with van der Waals surface area (Å²) in [4.78, 5) is 0. The van der Waals surface area contributed by atoms with Crippen LogP contribution in [0.3, 0.4) is 0 Å². The van der Waals surface area contributed by atoms with Crippen molar-refractivity contribution in [1.82, 2.24) is 0 Å². The van der Waals surface area contributed by atoms with E-state index in [0.29, 0.717) is 6.04 Å². The molecule has 0 aliphatic rings. The van der Waals surface area contributed by atoms with E-state index in [1.165, 1.54) is 32.1 Å². The van der Waals surface area contributed by atoms with E-state index in [2.05, 4.69) is 20.8 Å². The molecule has 0 saturated heterocycles. The number of hydrogen-bond acceptors (Lipinski definition) is 1.